The van der Waals surface area contributed by atoms with Gasteiger partial charge < -0.3 is 21.8 Å². The molecule has 0 aliphatic rings. The number of rotatable bonds is 1. The molecule has 1 rings (SSSR count). The van der Waals surface area contributed by atoms with Gasteiger partial charge in [-0.05, 0) is 6.92 Å². The van der Waals surface area contributed by atoms with Gasteiger partial charge in [0.2, 0.25) is 0 Å². The molecule has 0 spiro atoms. The Balaban J connectivity index is 3.20. The Morgan fingerprint density at radius 3 is 2.10 bits per heavy atom. The van der Waals surface area contributed by atoms with Crippen LogP contribution in [-0.2, 0) is 0 Å². The van der Waals surface area contributed by atoms with E-state index >= 15 is 0 Å². The van der Waals surface area contributed by atoms with Crippen molar-refractivity contribution in [3.8, 4) is 0 Å². The van der Waals surface area contributed by atoms with Crippen LogP contribution in [0.4, 0.5) is 17.3 Å². The summed E-state index contributed by atoms with van der Waals surface area (Å²) >= 11 is 0. The Hall–Kier alpha value is -1.32. The van der Waals surface area contributed by atoms with E-state index < -0.39 is 0 Å². The van der Waals surface area contributed by atoms with E-state index in [4.69, 9.17) is 11.5 Å². The number of nitrogen functional groups attached to an aromatic ring is 2. The van der Waals surface area contributed by atoms with Gasteiger partial charge in [-0.1, -0.05) is 0 Å². The molecule has 10 heavy (non-hydrogen) atoms. The minimum atomic E-state index is 0.595. The number of nitrogens with two attached hydrogens (primary N) is 2. The Kier molecular flexibility index (Phi) is 1.45. The van der Waals surface area contributed by atoms with Crippen LogP contribution in [0.25, 0.3) is 0 Å². The highest BCUT2D eigenvalue weighted by molar-refractivity contribution is 5.74. The Morgan fingerprint density at radius 2 is 1.90 bits per heavy atom. The molecule has 1 aromatic heterocycles. The van der Waals surface area contributed by atoms with Gasteiger partial charge in [0, 0.05) is 12.6 Å². The lowest BCUT2D eigenvalue weighted by molar-refractivity contribution is 1.39. The van der Waals surface area contributed by atoms with E-state index in [1.165, 1.54) is 0 Å². The van der Waals surface area contributed by atoms with Gasteiger partial charge in [0.15, 0.2) is 0 Å². The van der Waals surface area contributed by atoms with Gasteiger partial charge in [-0.2, -0.15) is 0 Å². The van der Waals surface area contributed by atoms with Crippen molar-refractivity contribution in [1.82, 2.24) is 4.98 Å². The molecular formula is C6H12N4. The standard InChI is InChI=1S/C6H12N4/c1-3-4(9-2)6(8)10-5(3)7/h9-10H,7-8H2,1-2H3. The summed E-state index contributed by atoms with van der Waals surface area (Å²) in [5.74, 6) is 1.22. The second kappa shape index (κ2) is 2.13. The quantitative estimate of drug-likeness (QED) is 0.459. The van der Waals surface area contributed by atoms with Gasteiger partial charge in [0.05, 0.1) is 5.69 Å². The number of hydrogen-bond acceptors (Lipinski definition) is 3. The molecule has 0 aliphatic carbocycles. The zero-order valence-corrected chi connectivity index (χ0v) is 6.15. The second-order valence-corrected chi connectivity index (χ2v) is 2.20. The van der Waals surface area contributed by atoms with Gasteiger partial charge in [-0.25, -0.2) is 0 Å². The predicted molar refractivity (Wildman–Crippen MR) is 43.9 cm³/mol. The minimum absolute atomic E-state index is 0.595. The van der Waals surface area contributed by atoms with E-state index in [0.717, 1.165) is 11.3 Å². The lowest BCUT2D eigenvalue weighted by Gasteiger charge is -1.97. The summed E-state index contributed by atoms with van der Waals surface area (Å²) in [6.07, 6.45) is 0. The van der Waals surface area contributed by atoms with Crippen molar-refractivity contribution in [3.63, 3.8) is 0 Å². The largest absolute Gasteiger partial charge is 0.385 e. The summed E-state index contributed by atoms with van der Waals surface area (Å²) in [6, 6.07) is 0. The van der Waals surface area contributed by atoms with Crippen LogP contribution in [-0.4, -0.2) is 12.0 Å². The monoisotopic (exact) mass is 140 g/mol. The molecule has 4 nitrogen and oxygen atoms in total. The third-order valence-electron chi connectivity index (χ3n) is 1.57. The van der Waals surface area contributed by atoms with E-state index in [0.29, 0.717) is 11.6 Å². The number of H-pyrrole nitrogens is 1. The molecular weight excluding hydrogens is 128 g/mol. The molecule has 0 saturated carbocycles. The first-order valence-corrected chi connectivity index (χ1v) is 3.08. The van der Waals surface area contributed by atoms with E-state index in [-0.39, 0.29) is 0 Å². The number of hydrogen-bond donors (Lipinski definition) is 4. The van der Waals surface area contributed by atoms with Gasteiger partial charge in [-0.15, -0.1) is 0 Å². The maximum atomic E-state index is 5.55. The molecule has 6 N–H and O–H groups in total. The molecule has 0 aromatic carbocycles. The summed E-state index contributed by atoms with van der Waals surface area (Å²) in [5, 5.41) is 2.95. The van der Waals surface area contributed by atoms with E-state index in [1.54, 1.807) is 0 Å². The Morgan fingerprint density at radius 1 is 1.30 bits per heavy atom. The van der Waals surface area contributed by atoms with Crippen molar-refractivity contribution in [3.05, 3.63) is 5.56 Å². The first-order chi connectivity index (χ1) is 4.66. The minimum Gasteiger partial charge on any atom is -0.385 e. The molecule has 1 aromatic rings. The highest BCUT2D eigenvalue weighted by Gasteiger charge is 2.06. The molecule has 4 heteroatoms. The summed E-state index contributed by atoms with van der Waals surface area (Å²) in [5.41, 5.74) is 13.0. The van der Waals surface area contributed by atoms with Crippen LogP contribution in [0.15, 0.2) is 0 Å². The maximum Gasteiger partial charge on any atom is 0.126 e. The van der Waals surface area contributed by atoms with Crippen LogP contribution in [0.5, 0.6) is 0 Å². The first-order valence-electron chi connectivity index (χ1n) is 3.08. The molecule has 0 bridgehead atoms. The Bertz CT molecular complexity index is 238. The van der Waals surface area contributed by atoms with Crippen molar-refractivity contribution < 1.29 is 0 Å². The number of anilines is 3. The second-order valence-electron chi connectivity index (χ2n) is 2.20. The maximum absolute atomic E-state index is 5.55. The lowest BCUT2D eigenvalue weighted by Crippen LogP contribution is -1.93. The van der Waals surface area contributed by atoms with Crippen LogP contribution in [0.3, 0.4) is 0 Å². The van der Waals surface area contributed by atoms with Crippen molar-refractivity contribution in [2.24, 2.45) is 0 Å². The van der Waals surface area contributed by atoms with Gasteiger partial charge in [-0.3, -0.25) is 0 Å². The zero-order valence-electron chi connectivity index (χ0n) is 6.15. The number of nitrogens with one attached hydrogen (secondary N) is 2. The van der Waals surface area contributed by atoms with Crippen molar-refractivity contribution in [2.45, 2.75) is 6.92 Å². The average molecular weight is 140 g/mol. The predicted octanol–water partition coefficient (Wildman–Crippen LogP) is 0.529. The summed E-state index contributed by atoms with van der Waals surface area (Å²) < 4.78 is 0. The number of aromatic amines is 1. The van der Waals surface area contributed by atoms with Crippen molar-refractivity contribution in [2.75, 3.05) is 23.8 Å². The molecule has 0 unspecified atom stereocenters. The molecule has 0 radical (unpaired) electrons. The molecule has 56 valence electrons. The normalized spacial score (nSPS) is 9.80. The molecule has 0 amide bonds. The topological polar surface area (TPSA) is 79.9 Å². The molecule has 0 aliphatic heterocycles. The van der Waals surface area contributed by atoms with Gasteiger partial charge >= 0.3 is 0 Å². The molecule has 0 atom stereocenters. The first kappa shape index (κ1) is 6.80. The van der Waals surface area contributed by atoms with Crippen LogP contribution in [0, 0.1) is 6.92 Å². The summed E-state index contributed by atoms with van der Waals surface area (Å²) in [7, 11) is 1.81. The van der Waals surface area contributed by atoms with Crippen LogP contribution < -0.4 is 16.8 Å². The van der Waals surface area contributed by atoms with Crippen LogP contribution in [0.1, 0.15) is 5.56 Å². The lowest BCUT2D eigenvalue weighted by atomic mass is 10.3. The Labute approximate surface area is 59.6 Å². The fraction of sp³-hybridized carbons (Fsp3) is 0.333. The van der Waals surface area contributed by atoms with E-state index in [2.05, 4.69) is 10.3 Å². The summed E-state index contributed by atoms with van der Waals surface area (Å²) in [4.78, 5) is 2.82. The van der Waals surface area contributed by atoms with Gasteiger partial charge in [0.25, 0.3) is 0 Å². The van der Waals surface area contributed by atoms with Crippen molar-refractivity contribution in [1.29, 1.82) is 0 Å². The summed E-state index contributed by atoms with van der Waals surface area (Å²) in [6.45, 7) is 1.91. The fourth-order valence-corrected chi connectivity index (χ4v) is 0.960. The number of aromatic nitrogens is 1. The van der Waals surface area contributed by atoms with Crippen molar-refractivity contribution >= 4 is 17.3 Å². The average Bonchev–Trinajstić information content (AvgIpc) is 2.09. The van der Waals surface area contributed by atoms with Gasteiger partial charge in [0.1, 0.15) is 11.6 Å². The highest BCUT2D eigenvalue weighted by atomic mass is 15.0. The van der Waals surface area contributed by atoms with Crippen LogP contribution in [0.2, 0.25) is 0 Å². The highest BCUT2D eigenvalue weighted by Crippen LogP contribution is 2.26. The zero-order chi connectivity index (χ0) is 7.72. The smallest absolute Gasteiger partial charge is 0.126 e. The fourth-order valence-electron chi connectivity index (χ4n) is 0.960. The van der Waals surface area contributed by atoms with Crippen LogP contribution >= 0.6 is 0 Å². The van der Waals surface area contributed by atoms with E-state index in [9.17, 15) is 0 Å². The third kappa shape index (κ3) is 0.775. The molecule has 0 saturated heterocycles. The van der Waals surface area contributed by atoms with E-state index in [1.807, 2.05) is 14.0 Å². The third-order valence-corrected chi connectivity index (χ3v) is 1.57. The SMILES string of the molecule is CNc1c(N)[nH]c(N)c1C. The molecule has 0 fully saturated rings. The molecule has 1 heterocycles.